The van der Waals surface area contributed by atoms with E-state index in [2.05, 4.69) is 22.1 Å². The largest absolute Gasteiger partial charge is 0.490 e. The van der Waals surface area contributed by atoms with Gasteiger partial charge >= 0.3 is 0 Å². The van der Waals surface area contributed by atoms with Gasteiger partial charge in [-0.15, -0.1) is 0 Å². The lowest BCUT2D eigenvalue weighted by Crippen LogP contribution is -2.23. The summed E-state index contributed by atoms with van der Waals surface area (Å²) in [6.07, 6.45) is 2.10. The molecule has 1 atom stereocenters. The maximum Gasteiger partial charge on any atom is 0.226 e. The number of hydrogen-bond acceptors (Lipinski definition) is 3. The molecule has 2 heterocycles. The molecule has 1 amide bonds. The Kier molecular flexibility index (Phi) is 4.27. The molecule has 26 heavy (non-hydrogen) atoms. The van der Waals surface area contributed by atoms with Gasteiger partial charge in [-0.25, -0.2) is 0 Å². The van der Waals surface area contributed by atoms with Crippen molar-refractivity contribution in [1.29, 1.82) is 0 Å². The van der Waals surface area contributed by atoms with Crippen LogP contribution in [-0.2, 0) is 4.79 Å². The monoisotopic (exact) mass is 345 g/mol. The van der Waals surface area contributed by atoms with Gasteiger partial charge < -0.3 is 10.1 Å². The van der Waals surface area contributed by atoms with Gasteiger partial charge in [0, 0.05) is 17.9 Å². The fourth-order valence-corrected chi connectivity index (χ4v) is 3.32. The molecule has 0 saturated carbocycles. The summed E-state index contributed by atoms with van der Waals surface area (Å²) in [5.74, 6) is 1.31. The van der Waals surface area contributed by atoms with E-state index in [1.54, 1.807) is 6.08 Å². The number of nitrogens with one attached hydrogen (secondary N) is 2. The fourth-order valence-electron chi connectivity index (χ4n) is 3.32. The number of anilines is 1. The second kappa shape index (κ2) is 6.88. The van der Waals surface area contributed by atoms with Crippen LogP contribution in [0.3, 0.4) is 0 Å². The van der Waals surface area contributed by atoms with Crippen molar-refractivity contribution in [2.45, 2.75) is 12.3 Å². The second-order valence-electron chi connectivity index (χ2n) is 6.20. The predicted molar refractivity (Wildman–Crippen MR) is 101 cm³/mol. The first-order chi connectivity index (χ1) is 12.8. The van der Waals surface area contributed by atoms with Crippen LogP contribution in [0.5, 0.6) is 5.75 Å². The Bertz CT molecular complexity index is 930. The number of amides is 1. The van der Waals surface area contributed by atoms with Gasteiger partial charge in [-0.1, -0.05) is 55.1 Å². The number of fused-ring (bicyclic) bond motifs is 1. The fraction of sp³-hybridized carbons (Fsp3) is 0.143. The number of ether oxygens (including phenoxy) is 1. The molecular formula is C21H19N3O2. The summed E-state index contributed by atoms with van der Waals surface area (Å²) < 4.78 is 5.55. The number of carbonyl (C=O) groups is 1. The molecule has 5 heteroatoms. The molecule has 4 rings (SSSR count). The smallest absolute Gasteiger partial charge is 0.226 e. The summed E-state index contributed by atoms with van der Waals surface area (Å²) >= 11 is 0. The average Bonchev–Trinajstić information content (AvgIpc) is 3.10. The Morgan fingerprint density at radius 2 is 1.92 bits per heavy atom. The van der Waals surface area contributed by atoms with Crippen LogP contribution in [0.15, 0.2) is 67.3 Å². The summed E-state index contributed by atoms with van der Waals surface area (Å²) in [7, 11) is 0. The van der Waals surface area contributed by atoms with Crippen LogP contribution in [0, 0.1) is 0 Å². The number of rotatable bonds is 5. The maximum absolute atomic E-state index is 12.2. The molecule has 0 spiro atoms. The highest BCUT2D eigenvalue weighted by atomic mass is 16.5. The molecule has 0 unspecified atom stereocenters. The van der Waals surface area contributed by atoms with Crippen molar-refractivity contribution < 1.29 is 9.53 Å². The number of nitrogens with zero attached hydrogens (tertiary/aromatic N) is 1. The Labute approximate surface area is 151 Å². The SMILES string of the molecule is C=CCOc1ccc([C@H]2CC(=O)Nc3n[nH]c(-c4ccccc4)c32)cc1. The number of hydrogen-bond donors (Lipinski definition) is 2. The summed E-state index contributed by atoms with van der Waals surface area (Å²) in [6.45, 7) is 4.12. The highest BCUT2D eigenvalue weighted by Crippen LogP contribution is 2.41. The van der Waals surface area contributed by atoms with Crippen LogP contribution in [0.1, 0.15) is 23.5 Å². The van der Waals surface area contributed by atoms with E-state index >= 15 is 0 Å². The van der Waals surface area contributed by atoms with Gasteiger partial charge in [0.2, 0.25) is 5.91 Å². The van der Waals surface area contributed by atoms with Crippen molar-refractivity contribution in [1.82, 2.24) is 10.2 Å². The number of aromatic amines is 1. The quantitative estimate of drug-likeness (QED) is 0.684. The lowest BCUT2D eigenvalue weighted by molar-refractivity contribution is -0.116. The molecule has 3 aromatic rings. The standard InChI is InChI=1S/C21H19N3O2/c1-2-12-26-16-10-8-14(9-11-16)17-13-18(25)22-21-19(17)20(23-24-21)15-6-4-3-5-7-15/h2-11,17H,1,12-13H2,(H2,22,23,24,25)/t17-/m1/s1. The van der Waals surface area contributed by atoms with Crippen LogP contribution in [0.2, 0.25) is 0 Å². The Morgan fingerprint density at radius 3 is 2.65 bits per heavy atom. The Hall–Kier alpha value is -3.34. The first-order valence-electron chi connectivity index (χ1n) is 8.53. The molecule has 0 bridgehead atoms. The van der Waals surface area contributed by atoms with Crippen LogP contribution in [-0.4, -0.2) is 22.7 Å². The van der Waals surface area contributed by atoms with Gasteiger partial charge in [-0.2, -0.15) is 5.10 Å². The molecule has 0 aliphatic carbocycles. The number of H-pyrrole nitrogens is 1. The predicted octanol–water partition coefficient (Wildman–Crippen LogP) is 4.12. The van der Waals surface area contributed by atoms with Crippen molar-refractivity contribution in [3.05, 3.63) is 78.4 Å². The van der Waals surface area contributed by atoms with Gasteiger partial charge in [0.15, 0.2) is 5.82 Å². The zero-order valence-electron chi connectivity index (χ0n) is 14.2. The normalized spacial score (nSPS) is 15.8. The van der Waals surface area contributed by atoms with E-state index in [1.165, 1.54) is 0 Å². The molecule has 0 fully saturated rings. The number of aromatic nitrogens is 2. The molecule has 2 N–H and O–H groups in total. The molecule has 1 aliphatic heterocycles. The molecule has 2 aromatic carbocycles. The van der Waals surface area contributed by atoms with E-state index < -0.39 is 0 Å². The minimum Gasteiger partial charge on any atom is -0.490 e. The Balaban J connectivity index is 1.73. The molecule has 130 valence electrons. The first-order valence-corrected chi connectivity index (χ1v) is 8.53. The third kappa shape index (κ3) is 2.99. The van der Waals surface area contributed by atoms with Crippen molar-refractivity contribution in [2.24, 2.45) is 0 Å². The van der Waals surface area contributed by atoms with Crippen molar-refractivity contribution in [2.75, 3.05) is 11.9 Å². The number of benzene rings is 2. The lowest BCUT2D eigenvalue weighted by Gasteiger charge is -2.23. The molecule has 1 aliphatic rings. The summed E-state index contributed by atoms with van der Waals surface area (Å²) in [6, 6.07) is 17.9. The van der Waals surface area contributed by atoms with Crippen molar-refractivity contribution in [3.8, 4) is 17.0 Å². The molecular weight excluding hydrogens is 326 g/mol. The zero-order chi connectivity index (χ0) is 17.9. The summed E-state index contributed by atoms with van der Waals surface area (Å²) in [4.78, 5) is 12.2. The van der Waals surface area contributed by atoms with Gasteiger partial charge in [0.05, 0.1) is 5.69 Å². The first kappa shape index (κ1) is 16.1. The van der Waals surface area contributed by atoms with E-state index in [9.17, 15) is 4.79 Å². The van der Waals surface area contributed by atoms with E-state index in [0.29, 0.717) is 18.8 Å². The second-order valence-corrected chi connectivity index (χ2v) is 6.20. The van der Waals surface area contributed by atoms with Crippen LogP contribution in [0.25, 0.3) is 11.3 Å². The third-order valence-corrected chi connectivity index (χ3v) is 4.51. The van der Waals surface area contributed by atoms with E-state index in [0.717, 1.165) is 28.1 Å². The molecule has 1 aromatic heterocycles. The Morgan fingerprint density at radius 1 is 1.15 bits per heavy atom. The molecule has 5 nitrogen and oxygen atoms in total. The zero-order valence-corrected chi connectivity index (χ0v) is 14.2. The van der Waals surface area contributed by atoms with Crippen molar-refractivity contribution in [3.63, 3.8) is 0 Å². The summed E-state index contributed by atoms with van der Waals surface area (Å²) in [5.41, 5.74) is 4.08. The maximum atomic E-state index is 12.2. The molecule has 0 saturated heterocycles. The van der Waals surface area contributed by atoms with Crippen LogP contribution < -0.4 is 10.1 Å². The van der Waals surface area contributed by atoms with Gasteiger partial charge in [-0.05, 0) is 23.3 Å². The van der Waals surface area contributed by atoms with E-state index in [4.69, 9.17) is 4.74 Å². The lowest BCUT2D eigenvalue weighted by atomic mass is 9.84. The average molecular weight is 345 g/mol. The van der Waals surface area contributed by atoms with Gasteiger partial charge in [0.25, 0.3) is 0 Å². The van der Waals surface area contributed by atoms with Gasteiger partial charge in [-0.3, -0.25) is 9.89 Å². The molecule has 0 radical (unpaired) electrons. The topological polar surface area (TPSA) is 67.0 Å². The third-order valence-electron chi connectivity index (χ3n) is 4.51. The van der Waals surface area contributed by atoms with E-state index in [1.807, 2.05) is 54.6 Å². The van der Waals surface area contributed by atoms with Gasteiger partial charge in [0.1, 0.15) is 12.4 Å². The minimum absolute atomic E-state index is 0.0272. The van der Waals surface area contributed by atoms with Crippen LogP contribution >= 0.6 is 0 Å². The highest BCUT2D eigenvalue weighted by Gasteiger charge is 2.31. The van der Waals surface area contributed by atoms with Crippen molar-refractivity contribution >= 4 is 11.7 Å². The van der Waals surface area contributed by atoms with E-state index in [-0.39, 0.29) is 11.8 Å². The van der Waals surface area contributed by atoms with Crippen LogP contribution in [0.4, 0.5) is 5.82 Å². The highest BCUT2D eigenvalue weighted by molar-refractivity contribution is 5.96. The number of carbonyl (C=O) groups excluding carboxylic acids is 1. The minimum atomic E-state index is -0.0545. The summed E-state index contributed by atoms with van der Waals surface area (Å²) in [5, 5.41) is 10.3.